The average Bonchev–Trinajstić information content (AvgIpc) is 3.22. The second-order valence-corrected chi connectivity index (χ2v) is 9.60. The molecular weight excluding hydrogens is 469 g/mol. The molecule has 0 unspecified atom stereocenters. The van der Waals surface area contributed by atoms with Crippen LogP contribution in [0, 0.1) is 0 Å². The van der Waals surface area contributed by atoms with E-state index in [-0.39, 0.29) is 18.0 Å². The molecule has 0 aliphatic carbocycles. The van der Waals surface area contributed by atoms with Gasteiger partial charge in [0.1, 0.15) is 0 Å². The summed E-state index contributed by atoms with van der Waals surface area (Å²) in [6.07, 6.45) is -4.52. The first-order valence-electron chi connectivity index (χ1n) is 9.61. The fourth-order valence-corrected chi connectivity index (χ4v) is 4.87. The largest absolute Gasteiger partial charge is 0.416 e. The van der Waals surface area contributed by atoms with Crippen molar-refractivity contribution in [2.24, 2.45) is 0 Å². The first-order valence-corrected chi connectivity index (χ1v) is 11.4. The topological polar surface area (TPSA) is 79.5 Å². The maximum atomic E-state index is 12.8. The summed E-state index contributed by atoms with van der Waals surface area (Å²) in [5.41, 5.74) is -0.129. The number of sulfonamides is 1. The first-order chi connectivity index (χ1) is 15.1. The third kappa shape index (κ3) is 4.96. The Morgan fingerprint density at radius 2 is 1.59 bits per heavy atom. The summed E-state index contributed by atoms with van der Waals surface area (Å²) in [6, 6.07) is 10.5. The van der Waals surface area contributed by atoms with Gasteiger partial charge in [-0.3, -0.25) is 4.90 Å². The summed E-state index contributed by atoms with van der Waals surface area (Å²) in [4.78, 5) is 6.17. The zero-order valence-electron chi connectivity index (χ0n) is 16.6. The van der Waals surface area contributed by atoms with Crippen molar-refractivity contribution in [3.05, 3.63) is 65.0 Å². The number of benzene rings is 2. The molecule has 170 valence electrons. The highest BCUT2D eigenvalue weighted by atomic mass is 35.5. The minimum absolute atomic E-state index is 0.163. The van der Waals surface area contributed by atoms with Crippen molar-refractivity contribution in [2.45, 2.75) is 17.6 Å². The third-order valence-electron chi connectivity index (χ3n) is 5.08. The predicted molar refractivity (Wildman–Crippen MR) is 110 cm³/mol. The van der Waals surface area contributed by atoms with Crippen molar-refractivity contribution in [3.63, 3.8) is 0 Å². The van der Waals surface area contributed by atoms with Crippen LogP contribution in [0.15, 0.2) is 57.9 Å². The lowest BCUT2D eigenvalue weighted by molar-refractivity contribution is -0.137. The van der Waals surface area contributed by atoms with Gasteiger partial charge in [0, 0.05) is 36.8 Å². The van der Waals surface area contributed by atoms with Crippen LogP contribution < -0.4 is 0 Å². The monoisotopic (exact) mass is 486 g/mol. The summed E-state index contributed by atoms with van der Waals surface area (Å²) in [5.74, 6) is 0.828. The normalized spacial score (nSPS) is 16.4. The van der Waals surface area contributed by atoms with Gasteiger partial charge < -0.3 is 4.52 Å². The van der Waals surface area contributed by atoms with Crippen LogP contribution in [0.25, 0.3) is 11.4 Å². The molecular formula is C20H18ClF3N4O3S. The quantitative estimate of drug-likeness (QED) is 0.544. The van der Waals surface area contributed by atoms with Gasteiger partial charge >= 0.3 is 6.18 Å². The number of hydrogen-bond donors (Lipinski definition) is 0. The Kier molecular flexibility index (Phi) is 6.26. The molecule has 1 aliphatic heterocycles. The van der Waals surface area contributed by atoms with Crippen molar-refractivity contribution in [1.29, 1.82) is 0 Å². The van der Waals surface area contributed by atoms with E-state index in [1.165, 1.54) is 4.31 Å². The molecule has 1 fully saturated rings. The maximum absolute atomic E-state index is 12.8. The second-order valence-electron chi connectivity index (χ2n) is 7.22. The number of alkyl halides is 3. The van der Waals surface area contributed by atoms with Gasteiger partial charge in [0.05, 0.1) is 17.0 Å². The van der Waals surface area contributed by atoms with E-state index in [9.17, 15) is 21.6 Å². The van der Waals surface area contributed by atoms with E-state index in [0.717, 1.165) is 29.8 Å². The third-order valence-corrected chi connectivity index (χ3v) is 7.24. The molecule has 3 aromatic rings. The molecule has 2 heterocycles. The Bertz CT molecular complexity index is 1170. The van der Waals surface area contributed by atoms with Crippen LogP contribution in [-0.4, -0.2) is 53.9 Å². The summed E-state index contributed by atoms with van der Waals surface area (Å²) < 4.78 is 70.3. The van der Waals surface area contributed by atoms with E-state index >= 15 is 0 Å². The van der Waals surface area contributed by atoms with Crippen molar-refractivity contribution in [3.8, 4) is 11.4 Å². The molecule has 12 heteroatoms. The predicted octanol–water partition coefficient (Wildman–Crippen LogP) is 3.92. The zero-order valence-corrected chi connectivity index (χ0v) is 18.2. The minimum atomic E-state index is -4.52. The van der Waals surface area contributed by atoms with Gasteiger partial charge in [-0.2, -0.15) is 22.5 Å². The Hall–Kier alpha value is -2.47. The molecule has 1 saturated heterocycles. The van der Waals surface area contributed by atoms with Crippen molar-refractivity contribution in [1.82, 2.24) is 19.3 Å². The molecule has 0 saturated carbocycles. The summed E-state index contributed by atoms with van der Waals surface area (Å²) >= 11 is 5.88. The lowest BCUT2D eigenvalue weighted by Gasteiger charge is -2.33. The molecule has 0 amide bonds. The first kappa shape index (κ1) is 22.7. The molecule has 0 atom stereocenters. The molecule has 32 heavy (non-hydrogen) atoms. The van der Waals surface area contributed by atoms with Gasteiger partial charge in [-0.25, -0.2) is 8.42 Å². The average molecular weight is 487 g/mol. The second kappa shape index (κ2) is 8.81. The minimum Gasteiger partial charge on any atom is -0.338 e. The van der Waals surface area contributed by atoms with Gasteiger partial charge in [0.25, 0.3) is 0 Å². The highest BCUT2D eigenvalue weighted by Gasteiger charge is 2.32. The molecule has 1 aromatic heterocycles. The van der Waals surface area contributed by atoms with Gasteiger partial charge in [-0.1, -0.05) is 16.8 Å². The number of halogens is 4. The summed E-state index contributed by atoms with van der Waals surface area (Å²) in [7, 11) is -3.88. The van der Waals surface area contributed by atoms with Crippen molar-refractivity contribution >= 4 is 21.6 Å². The fourth-order valence-electron chi connectivity index (χ4n) is 3.32. The van der Waals surface area contributed by atoms with E-state index in [2.05, 4.69) is 10.1 Å². The molecule has 0 N–H and O–H groups in total. The van der Waals surface area contributed by atoms with E-state index in [0.29, 0.717) is 36.4 Å². The maximum Gasteiger partial charge on any atom is 0.416 e. The van der Waals surface area contributed by atoms with E-state index < -0.39 is 21.8 Å². The van der Waals surface area contributed by atoms with Gasteiger partial charge in [0.15, 0.2) is 0 Å². The van der Waals surface area contributed by atoms with E-state index in [4.69, 9.17) is 16.1 Å². The van der Waals surface area contributed by atoms with Crippen LogP contribution in [0.3, 0.4) is 0 Å². The van der Waals surface area contributed by atoms with Gasteiger partial charge in [0.2, 0.25) is 21.7 Å². The fraction of sp³-hybridized carbons (Fsp3) is 0.300. The van der Waals surface area contributed by atoms with E-state index in [1.54, 1.807) is 24.3 Å². The zero-order chi connectivity index (χ0) is 22.9. The highest BCUT2D eigenvalue weighted by molar-refractivity contribution is 7.89. The summed E-state index contributed by atoms with van der Waals surface area (Å²) in [5, 5.41) is 4.56. The van der Waals surface area contributed by atoms with Crippen LogP contribution in [0.4, 0.5) is 13.2 Å². The van der Waals surface area contributed by atoms with Gasteiger partial charge in [-0.15, -0.1) is 0 Å². The van der Waals surface area contributed by atoms with Crippen LogP contribution in [0.1, 0.15) is 11.5 Å². The summed E-state index contributed by atoms with van der Waals surface area (Å²) in [6.45, 7) is 1.58. The van der Waals surface area contributed by atoms with Crippen LogP contribution in [0.2, 0.25) is 5.02 Å². The highest BCUT2D eigenvalue weighted by Crippen LogP contribution is 2.30. The lowest BCUT2D eigenvalue weighted by Crippen LogP contribution is -2.48. The van der Waals surface area contributed by atoms with Crippen molar-refractivity contribution < 1.29 is 26.1 Å². The molecule has 0 radical (unpaired) electrons. The molecule has 7 nitrogen and oxygen atoms in total. The molecule has 1 aliphatic rings. The number of nitrogens with zero attached hydrogens (tertiary/aromatic N) is 4. The van der Waals surface area contributed by atoms with Crippen LogP contribution >= 0.6 is 11.6 Å². The number of piperazine rings is 1. The van der Waals surface area contributed by atoms with Gasteiger partial charge in [-0.05, 0) is 48.5 Å². The van der Waals surface area contributed by atoms with E-state index in [1.807, 2.05) is 4.90 Å². The Morgan fingerprint density at radius 3 is 2.19 bits per heavy atom. The SMILES string of the molecule is O=S(=O)(c1ccc(C(F)(F)F)cc1)N1CCN(Cc2nc(-c3ccc(Cl)cc3)no2)CC1. The molecule has 4 rings (SSSR count). The Morgan fingerprint density at radius 1 is 0.969 bits per heavy atom. The van der Waals surface area contributed by atoms with Crippen molar-refractivity contribution in [2.75, 3.05) is 26.2 Å². The smallest absolute Gasteiger partial charge is 0.338 e. The number of rotatable bonds is 5. The van der Waals surface area contributed by atoms with Crippen LogP contribution in [0.5, 0.6) is 0 Å². The molecule has 2 aromatic carbocycles. The number of hydrogen-bond acceptors (Lipinski definition) is 6. The Labute approximate surface area is 187 Å². The molecule has 0 spiro atoms. The molecule has 0 bridgehead atoms. The lowest BCUT2D eigenvalue weighted by atomic mass is 10.2. The number of aromatic nitrogens is 2. The van der Waals surface area contributed by atoms with Crippen LogP contribution in [-0.2, 0) is 22.7 Å². The standard InChI is InChI=1S/C20H18ClF3N4O3S/c21-16-5-1-14(2-6-16)19-25-18(31-26-19)13-27-9-11-28(12-10-27)32(29,30)17-7-3-15(4-8-17)20(22,23)24/h1-8H,9-13H2. The Balaban J connectivity index is 1.36.